The van der Waals surface area contributed by atoms with E-state index in [4.69, 9.17) is 4.74 Å². The Morgan fingerprint density at radius 1 is 1.32 bits per heavy atom. The molecule has 1 aromatic carbocycles. The number of likely N-dealkylation sites (N-methyl/N-ethyl adjacent to an activating group) is 1. The predicted octanol–water partition coefficient (Wildman–Crippen LogP) is 0.389. The minimum atomic E-state index is -0.550. The van der Waals surface area contributed by atoms with Gasteiger partial charge < -0.3 is 19.9 Å². The van der Waals surface area contributed by atoms with Crippen molar-refractivity contribution in [2.45, 2.75) is 12.2 Å². The topological polar surface area (TPSA) is 86.3 Å². The molecule has 2 aliphatic heterocycles. The Morgan fingerprint density at radius 3 is 2.80 bits per heavy atom. The van der Waals surface area contributed by atoms with Gasteiger partial charge in [0.15, 0.2) is 12.0 Å². The fourth-order valence-electron chi connectivity index (χ4n) is 2.89. The number of imide groups is 1. The molecule has 0 aromatic heterocycles. The van der Waals surface area contributed by atoms with E-state index in [1.54, 1.807) is 13.1 Å². The number of nitrogens with zero attached hydrogens (tertiary/aromatic N) is 3. The summed E-state index contributed by atoms with van der Waals surface area (Å²) in [6.07, 6.45) is 1.21. The molecule has 2 saturated heterocycles. The number of ether oxygens (including phenoxy) is 1. The summed E-state index contributed by atoms with van der Waals surface area (Å²) in [5, 5.41) is 5.52. The molecule has 1 aromatic rings. The maximum absolute atomic E-state index is 12.3. The predicted molar refractivity (Wildman–Crippen MR) is 93.2 cm³/mol. The van der Waals surface area contributed by atoms with E-state index < -0.39 is 18.2 Å². The second-order valence-electron chi connectivity index (χ2n) is 5.75. The summed E-state index contributed by atoms with van der Waals surface area (Å²) in [4.78, 5) is 31.9. The number of carbonyl (C=O) groups is 2. The van der Waals surface area contributed by atoms with E-state index >= 15 is 0 Å². The lowest BCUT2D eigenvalue weighted by Gasteiger charge is -2.35. The summed E-state index contributed by atoms with van der Waals surface area (Å²) >= 11 is 0. The second kappa shape index (κ2) is 7.25. The van der Waals surface area contributed by atoms with E-state index in [9.17, 15) is 9.59 Å². The minimum absolute atomic E-state index is 0.343. The number of guanidine groups is 1. The number of rotatable bonds is 6. The molecule has 0 bridgehead atoms. The zero-order chi connectivity index (χ0) is 17.8. The molecule has 2 fully saturated rings. The lowest BCUT2D eigenvalue weighted by Crippen LogP contribution is -2.65. The molecule has 0 spiro atoms. The highest BCUT2D eigenvalue weighted by atomic mass is 16.5. The molecule has 0 saturated carbocycles. The Hall–Kier alpha value is -3.03. The number of hydrogen-bond acceptors (Lipinski definition) is 4. The highest BCUT2D eigenvalue weighted by Gasteiger charge is 2.49. The van der Waals surface area contributed by atoms with Gasteiger partial charge in [-0.25, -0.2) is 9.79 Å². The molecule has 2 unspecified atom stereocenters. The summed E-state index contributed by atoms with van der Waals surface area (Å²) in [6, 6.07) is 8.48. The van der Waals surface area contributed by atoms with Crippen LogP contribution >= 0.6 is 0 Å². The first-order valence-corrected chi connectivity index (χ1v) is 8.06. The van der Waals surface area contributed by atoms with Gasteiger partial charge in [0.05, 0.1) is 13.1 Å². The molecule has 0 radical (unpaired) electrons. The number of nitrogens with one attached hydrogen (secondary N) is 2. The lowest BCUT2D eigenvalue weighted by molar-refractivity contribution is -0.127. The van der Waals surface area contributed by atoms with Crippen LogP contribution in [0.25, 0.3) is 0 Å². The van der Waals surface area contributed by atoms with Crippen LogP contribution in [0.5, 0.6) is 5.75 Å². The molecule has 0 aliphatic carbocycles. The molecule has 2 atom stereocenters. The Morgan fingerprint density at radius 2 is 2.08 bits per heavy atom. The van der Waals surface area contributed by atoms with Gasteiger partial charge in [0.25, 0.3) is 5.91 Å². The Labute approximate surface area is 146 Å². The van der Waals surface area contributed by atoms with Crippen molar-refractivity contribution in [1.82, 2.24) is 20.4 Å². The molecular weight excluding hydrogens is 322 g/mol. The van der Waals surface area contributed by atoms with Crippen LogP contribution in [0.1, 0.15) is 0 Å². The van der Waals surface area contributed by atoms with Crippen molar-refractivity contribution in [3.63, 3.8) is 0 Å². The third-order valence-electron chi connectivity index (χ3n) is 4.13. The maximum Gasteiger partial charge on any atom is 0.325 e. The van der Waals surface area contributed by atoms with Crippen LogP contribution in [-0.4, -0.2) is 66.6 Å². The van der Waals surface area contributed by atoms with Crippen molar-refractivity contribution in [3.05, 3.63) is 43.0 Å². The van der Waals surface area contributed by atoms with Crippen LogP contribution in [0, 0.1) is 0 Å². The number of hydrogen-bond donors (Lipinski definition) is 2. The molecule has 25 heavy (non-hydrogen) atoms. The quantitative estimate of drug-likeness (QED) is 0.730. The van der Waals surface area contributed by atoms with E-state index in [0.717, 1.165) is 5.75 Å². The molecule has 8 heteroatoms. The fraction of sp³-hybridized carbons (Fsp3) is 0.353. The average molecular weight is 343 g/mol. The number of carbonyl (C=O) groups excluding carboxylic acids is 2. The van der Waals surface area contributed by atoms with Gasteiger partial charge in [-0.1, -0.05) is 24.3 Å². The van der Waals surface area contributed by atoms with E-state index in [1.807, 2.05) is 35.2 Å². The molecule has 2 heterocycles. The number of urea groups is 1. The van der Waals surface area contributed by atoms with Gasteiger partial charge in [0, 0.05) is 7.05 Å². The van der Waals surface area contributed by atoms with Gasteiger partial charge in [-0.15, -0.1) is 6.58 Å². The average Bonchev–Trinajstić information content (AvgIpc) is 2.98. The standard InChI is InChI=1S/C17H21N5O3/c1-3-9-18-16-19-14-13(15(23)20-17(24)21(14)2)22(16)10-11-25-12-7-5-4-6-8-12/h3-8,13-14H,1,9-11H2,2H3,(H,18,19)(H,20,23,24). The largest absolute Gasteiger partial charge is 0.492 e. The molecule has 8 nitrogen and oxygen atoms in total. The van der Waals surface area contributed by atoms with Crippen molar-refractivity contribution in [2.24, 2.45) is 4.99 Å². The number of para-hydroxylation sites is 1. The normalized spacial score (nSPS) is 24.0. The summed E-state index contributed by atoms with van der Waals surface area (Å²) in [5.74, 6) is 0.976. The summed E-state index contributed by atoms with van der Waals surface area (Å²) in [5.41, 5.74) is 0. The van der Waals surface area contributed by atoms with Crippen LogP contribution < -0.4 is 15.4 Å². The number of benzene rings is 1. The summed E-state index contributed by atoms with van der Waals surface area (Å²) in [7, 11) is 1.64. The van der Waals surface area contributed by atoms with Gasteiger partial charge in [-0.3, -0.25) is 10.1 Å². The zero-order valence-corrected chi connectivity index (χ0v) is 14.0. The number of amides is 3. The van der Waals surface area contributed by atoms with Gasteiger partial charge in [-0.2, -0.15) is 0 Å². The van der Waals surface area contributed by atoms with Crippen LogP contribution in [0.2, 0.25) is 0 Å². The van der Waals surface area contributed by atoms with Crippen LogP contribution in [0.4, 0.5) is 4.79 Å². The van der Waals surface area contributed by atoms with Crippen molar-refractivity contribution >= 4 is 17.9 Å². The van der Waals surface area contributed by atoms with Crippen LogP contribution in [0.3, 0.4) is 0 Å². The first-order valence-electron chi connectivity index (χ1n) is 8.06. The van der Waals surface area contributed by atoms with Gasteiger partial charge >= 0.3 is 6.03 Å². The Kier molecular flexibility index (Phi) is 4.87. The van der Waals surface area contributed by atoms with Crippen molar-refractivity contribution < 1.29 is 14.3 Å². The zero-order valence-electron chi connectivity index (χ0n) is 14.0. The highest BCUT2D eigenvalue weighted by Crippen LogP contribution is 2.20. The first-order chi connectivity index (χ1) is 12.1. The van der Waals surface area contributed by atoms with Gasteiger partial charge in [0.2, 0.25) is 0 Å². The van der Waals surface area contributed by atoms with Crippen molar-refractivity contribution in [3.8, 4) is 5.75 Å². The maximum atomic E-state index is 12.3. The summed E-state index contributed by atoms with van der Waals surface area (Å²) in [6.45, 7) is 4.91. The number of fused-ring (bicyclic) bond motifs is 1. The van der Waals surface area contributed by atoms with Crippen molar-refractivity contribution in [1.29, 1.82) is 0 Å². The Balaban J connectivity index is 1.74. The SMILES string of the molecule is C=CCN=C1NC2C(C(=O)NC(=O)N2C)N1CCOc1ccccc1. The van der Waals surface area contributed by atoms with Gasteiger partial charge in [0.1, 0.15) is 18.5 Å². The van der Waals surface area contributed by atoms with Crippen molar-refractivity contribution in [2.75, 3.05) is 26.7 Å². The third-order valence-corrected chi connectivity index (χ3v) is 4.13. The monoisotopic (exact) mass is 343 g/mol. The third kappa shape index (κ3) is 3.42. The van der Waals surface area contributed by atoms with Crippen LogP contribution in [-0.2, 0) is 4.79 Å². The molecular formula is C17H21N5O3. The van der Waals surface area contributed by atoms with Gasteiger partial charge in [-0.05, 0) is 12.1 Å². The fourth-order valence-corrected chi connectivity index (χ4v) is 2.89. The number of aliphatic imine (C=N–C) groups is 1. The van der Waals surface area contributed by atoms with Crippen LogP contribution in [0.15, 0.2) is 48.0 Å². The molecule has 2 N–H and O–H groups in total. The second-order valence-corrected chi connectivity index (χ2v) is 5.75. The first kappa shape index (κ1) is 16.8. The van der Waals surface area contributed by atoms with E-state index in [2.05, 4.69) is 22.2 Å². The summed E-state index contributed by atoms with van der Waals surface area (Å²) < 4.78 is 5.73. The minimum Gasteiger partial charge on any atom is -0.492 e. The van der Waals surface area contributed by atoms with E-state index in [0.29, 0.717) is 25.7 Å². The Bertz CT molecular complexity index is 691. The smallest absolute Gasteiger partial charge is 0.325 e. The van der Waals surface area contributed by atoms with E-state index in [-0.39, 0.29) is 5.91 Å². The molecule has 132 valence electrons. The molecule has 3 rings (SSSR count). The van der Waals surface area contributed by atoms with E-state index in [1.165, 1.54) is 4.90 Å². The molecule has 2 aliphatic rings. The molecule has 3 amide bonds. The highest BCUT2D eigenvalue weighted by molar-refractivity contribution is 6.04. The lowest BCUT2D eigenvalue weighted by atomic mass is 10.1.